The van der Waals surface area contributed by atoms with Gasteiger partial charge >= 0.3 is 12.1 Å². The van der Waals surface area contributed by atoms with Crippen molar-refractivity contribution in [2.75, 3.05) is 20.2 Å². The van der Waals surface area contributed by atoms with E-state index in [-0.39, 0.29) is 38.3 Å². The van der Waals surface area contributed by atoms with E-state index in [4.69, 9.17) is 5.11 Å². The molecule has 2 atom stereocenters. The van der Waals surface area contributed by atoms with Gasteiger partial charge in [-0.25, -0.2) is 4.79 Å². The molecule has 0 heterocycles. The van der Waals surface area contributed by atoms with Crippen molar-refractivity contribution in [2.24, 2.45) is 5.92 Å². The van der Waals surface area contributed by atoms with Gasteiger partial charge in [0.15, 0.2) is 0 Å². The molecule has 0 spiro atoms. The van der Waals surface area contributed by atoms with Crippen LogP contribution in [0.15, 0.2) is 0 Å². The minimum absolute atomic E-state index is 0.00790. The van der Waals surface area contributed by atoms with Crippen molar-refractivity contribution in [3.63, 3.8) is 0 Å². The second kappa shape index (κ2) is 13.3. The normalized spacial score (nSPS) is 12.5. The Hall–Kier alpha value is -2.85. The van der Waals surface area contributed by atoms with E-state index >= 15 is 0 Å². The maximum Gasteiger partial charge on any atom is 0.406 e. The smallest absolute Gasteiger partial charge is 0.406 e. The molecule has 0 aliphatic carbocycles. The van der Waals surface area contributed by atoms with Crippen LogP contribution >= 0.6 is 0 Å². The zero-order valence-corrected chi connectivity index (χ0v) is 16.7. The lowest BCUT2D eigenvalue weighted by Crippen LogP contribution is -2.54. The summed E-state index contributed by atoms with van der Waals surface area (Å²) in [7, 11) is 1.22. The van der Waals surface area contributed by atoms with Gasteiger partial charge in [0.1, 0.15) is 12.1 Å². The molecule has 2 unspecified atom stereocenters. The predicted molar refractivity (Wildman–Crippen MR) is 99.3 cm³/mol. The summed E-state index contributed by atoms with van der Waals surface area (Å²) in [5.74, 6) is -2.62. The predicted octanol–water partition coefficient (Wildman–Crippen LogP) is -0.641. The number of hydrogen-bond acceptors (Lipinski definition) is 6. The number of nitrogens with one attached hydrogen (secondary N) is 4. The number of amides is 4. The van der Waals surface area contributed by atoms with E-state index in [1.165, 1.54) is 14.0 Å². The van der Waals surface area contributed by atoms with Gasteiger partial charge in [-0.05, 0) is 19.3 Å². The van der Waals surface area contributed by atoms with Crippen molar-refractivity contribution in [3.05, 3.63) is 0 Å². The molecule has 0 saturated heterocycles. The third-order valence-corrected chi connectivity index (χ3v) is 3.69. The molecule has 0 aliphatic heterocycles. The van der Waals surface area contributed by atoms with Gasteiger partial charge < -0.3 is 31.1 Å². The summed E-state index contributed by atoms with van der Waals surface area (Å²) in [6.45, 7) is 5.30. The number of aliphatic carboxylic acids is 1. The second-order valence-electron chi connectivity index (χ2n) is 6.48. The van der Waals surface area contributed by atoms with Gasteiger partial charge in [0.05, 0.1) is 7.11 Å². The van der Waals surface area contributed by atoms with Crippen molar-refractivity contribution in [1.82, 2.24) is 21.3 Å². The fourth-order valence-corrected chi connectivity index (χ4v) is 2.12. The number of alkyl carbamates (subject to hydrolysis) is 1. The molecule has 0 radical (unpaired) electrons. The van der Waals surface area contributed by atoms with Crippen LogP contribution in [-0.4, -0.2) is 67.2 Å². The molecule has 0 aliphatic rings. The number of rotatable bonds is 12. The van der Waals surface area contributed by atoms with E-state index in [0.29, 0.717) is 0 Å². The molecular weight excluding hydrogens is 372 g/mol. The van der Waals surface area contributed by atoms with Gasteiger partial charge in [0.2, 0.25) is 17.7 Å². The lowest BCUT2D eigenvalue weighted by Gasteiger charge is -2.23. The number of carboxylic acids is 1. The van der Waals surface area contributed by atoms with E-state index < -0.39 is 41.9 Å². The highest BCUT2D eigenvalue weighted by Crippen LogP contribution is 2.04. The van der Waals surface area contributed by atoms with Crippen molar-refractivity contribution >= 4 is 29.8 Å². The first-order chi connectivity index (χ1) is 13.1. The van der Waals surface area contributed by atoms with Gasteiger partial charge in [-0.2, -0.15) is 0 Å². The Morgan fingerprint density at radius 3 is 2.04 bits per heavy atom. The molecule has 0 aromatic heterocycles. The van der Waals surface area contributed by atoms with Crippen molar-refractivity contribution in [3.8, 4) is 0 Å². The molecule has 5 N–H and O–H groups in total. The highest BCUT2D eigenvalue weighted by atomic mass is 16.5. The number of methoxy groups -OCH3 is 1. The van der Waals surface area contributed by atoms with E-state index in [0.717, 1.165) is 0 Å². The average Bonchev–Trinajstić information content (AvgIpc) is 2.61. The monoisotopic (exact) mass is 402 g/mol. The summed E-state index contributed by atoms with van der Waals surface area (Å²) >= 11 is 0. The molecule has 0 fully saturated rings. The minimum atomic E-state index is -0.993. The Morgan fingerprint density at radius 1 is 0.893 bits per heavy atom. The highest BCUT2D eigenvalue weighted by molar-refractivity contribution is 5.92. The lowest BCUT2D eigenvalue weighted by atomic mass is 10.0. The first kappa shape index (κ1) is 25.1. The zero-order chi connectivity index (χ0) is 21.7. The molecule has 0 aromatic rings. The molecule has 0 aromatic carbocycles. The van der Waals surface area contributed by atoms with E-state index in [1.807, 2.05) is 0 Å². The van der Waals surface area contributed by atoms with Gasteiger partial charge in [-0.3, -0.25) is 19.2 Å². The van der Waals surface area contributed by atoms with E-state index in [2.05, 4.69) is 26.0 Å². The number of ether oxygens (including phenoxy) is 1. The van der Waals surface area contributed by atoms with Crippen molar-refractivity contribution in [1.29, 1.82) is 0 Å². The summed E-state index contributed by atoms with van der Waals surface area (Å²) in [5.41, 5.74) is 0. The highest BCUT2D eigenvalue weighted by Gasteiger charge is 2.26. The maximum absolute atomic E-state index is 12.4. The number of carbonyl (C=O) groups excluding carboxylic acids is 4. The molecular formula is C17H30N4O7. The fraction of sp³-hybridized carbons (Fsp3) is 0.706. The largest absolute Gasteiger partial charge is 0.481 e. The average molecular weight is 402 g/mol. The van der Waals surface area contributed by atoms with Crippen LogP contribution in [0.5, 0.6) is 0 Å². The third kappa shape index (κ3) is 11.0. The summed E-state index contributed by atoms with van der Waals surface area (Å²) in [5, 5.41) is 18.6. The number of carboxylic acid groups (broad SMARTS) is 1. The summed E-state index contributed by atoms with van der Waals surface area (Å²) in [6, 6.07) is -1.70. The quantitative estimate of drug-likeness (QED) is 0.271. The molecule has 28 heavy (non-hydrogen) atoms. The van der Waals surface area contributed by atoms with Gasteiger partial charge in [0.25, 0.3) is 0 Å². The number of hydrogen-bond donors (Lipinski definition) is 5. The standard InChI is InChI=1S/C17H30N4O7/c1-10(2)14(21-12(22)6-5-7-13(23)24)16(26)20-11(3)15(25)18-8-9-19-17(27)28-4/h10-11,14H,5-9H2,1-4H3,(H,18,25)(H,19,27)(H,20,26)(H,21,22)(H,23,24). The Balaban J connectivity index is 4.45. The molecule has 4 amide bonds. The van der Waals surface area contributed by atoms with E-state index in [1.54, 1.807) is 13.8 Å². The molecule has 11 nitrogen and oxygen atoms in total. The van der Waals surface area contributed by atoms with Crippen LogP contribution in [0.4, 0.5) is 4.79 Å². The van der Waals surface area contributed by atoms with Crippen LogP contribution in [0.3, 0.4) is 0 Å². The first-order valence-electron chi connectivity index (χ1n) is 8.99. The summed E-state index contributed by atoms with van der Waals surface area (Å²) < 4.78 is 4.39. The second-order valence-corrected chi connectivity index (χ2v) is 6.48. The minimum Gasteiger partial charge on any atom is -0.481 e. The number of carbonyl (C=O) groups is 5. The van der Waals surface area contributed by atoms with Gasteiger partial charge in [-0.15, -0.1) is 0 Å². The fourth-order valence-electron chi connectivity index (χ4n) is 2.12. The van der Waals surface area contributed by atoms with Crippen molar-refractivity contribution < 1.29 is 33.8 Å². The Labute approximate surface area is 163 Å². The molecule has 0 bridgehead atoms. The first-order valence-corrected chi connectivity index (χ1v) is 8.99. The SMILES string of the molecule is COC(=O)NCCNC(=O)C(C)NC(=O)C(NC(=O)CCCC(=O)O)C(C)C. The Bertz CT molecular complexity index is 566. The van der Waals surface area contributed by atoms with Crippen molar-refractivity contribution in [2.45, 2.75) is 52.1 Å². The molecule has 0 saturated carbocycles. The van der Waals surface area contributed by atoms with Crippen LogP contribution in [-0.2, 0) is 23.9 Å². The van der Waals surface area contributed by atoms with Gasteiger partial charge in [0, 0.05) is 25.9 Å². The summed E-state index contributed by atoms with van der Waals surface area (Å²) in [4.78, 5) is 57.7. The van der Waals surface area contributed by atoms with Crippen LogP contribution < -0.4 is 21.3 Å². The van der Waals surface area contributed by atoms with E-state index in [9.17, 15) is 24.0 Å². The molecule has 11 heteroatoms. The molecule has 160 valence electrons. The van der Waals surface area contributed by atoms with Crippen LogP contribution in [0.1, 0.15) is 40.0 Å². The van der Waals surface area contributed by atoms with Crippen LogP contribution in [0.25, 0.3) is 0 Å². The Morgan fingerprint density at radius 2 is 1.50 bits per heavy atom. The molecule has 0 rings (SSSR count). The topological polar surface area (TPSA) is 163 Å². The van der Waals surface area contributed by atoms with Crippen LogP contribution in [0.2, 0.25) is 0 Å². The van der Waals surface area contributed by atoms with Crippen LogP contribution in [0, 0.1) is 5.92 Å². The maximum atomic E-state index is 12.4. The van der Waals surface area contributed by atoms with Gasteiger partial charge in [-0.1, -0.05) is 13.8 Å². The zero-order valence-electron chi connectivity index (χ0n) is 16.7. The third-order valence-electron chi connectivity index (χ3n) is 3.69. The Kier molecular flexibility index (Phi) is 12.0. The lowest BCUT2D eigenvalue weighted by molar-refractivity contribution is -0.137. The summed E-state index contributed by atoms with van der Waals surface area (Å²) in [6.07, 6.45) is -0.582.